The first-order valence-corrected chi connectivity index (χ1v) is 4.05. The van der Waals surface area contributed by atoms with Gasteiger partial charge in [-0.15, -0.1) is 0 Å². The molecule has 0 amide bonds. The Morgan fingerprint density at radius 2 is 2.18 bits per heavy atom. The third-order valence-corrected chi connectivity index (χ3v) is 2.17. The lowest BCUT2D eigenvalue weighted by Gasteiger charge is -2.03. The molecule has 0 saturated carbocycles. The van der Waals surface area contributed by atoms with Gasteiger partial charge in [-0.2, -0.15) is 0 Å². The summed E-state index contributed by atoms with van der Waals surface area (Å²) in [5, 5.41) is 0. The van der Waals surface area contributed by atoms with Gasteiger partial charge >= 0.3 is 0 Å². The van der Waals surface area contributed by atoms with Crippen LogP contribution >= 0.6 is 0 Å². The molecular weight excluding hydrogens is 134 g/mol. The summed E-state index contributed by atoms with van der Waals surface area (Å²) in [4.78, 5) is 4.33. The zero-order chi connectivity index (χ0) is 7.68. The van der Waals surface area contributed by atoms with Gasteiger partial charge in [-0.05, 0) is 18.1 Å². The summed E-state index contributed by atoms with van der Waals surface area (Å²) in [6, 6.07) is 8.35. The smallest absolute Gasteiger partial charge is 0.0664 e. The van der Waals surface area contributed by atoms with Crippen LogP contribution in [0.25, 0.3) is 0 Å². The Morgan fingerprint density at radius 3 is 3.00 bits per heavy atom. The van der Waals surface area contributed by atoms with Crippen LogP contribution in [0.3, 0.4) is 0 Å². The Labute approximate surface area is 66.8 Å². The quantitative estimate of drug-likeness (QED) is 0.576. The van der Waals surface area contributed by atoms with Crippen molar-refractivity contribution in [3.8, 4) is 0 Å². The molecule has 1 heterocycles. The van der Waals surface area contributed by atoms with Crippen molar-refractivity contribution in [1.29, 1.82) is 0 Å². The Bertz CT molecular complexity index is 289. The molecule has 1 aromatic rings. The van der Waals surface area contributed by atoms with Crippen LogP contribution in [0.1, 0.15) is 24.8 Å². The lowest BCUT2D eigenvalue weighted by Crippen LogP contribution is -1.91. The molecule has 0 aliphatic carbocycles. The summed E-state index contributed by atoms with van der Waals surface area (Å²) in [6.07, 6.45) is 3.20. The van der Waals surface area contributed by atoms with E-state index in [9.17, 15) is 0 Å². The third-order valence-electron chi connectivity index (χ3n) is 2.17. The maximum Gasteiger partial charge on any atom is 0.0664 e. The molecule has 2 rings (SSSR count). The molecule has 0 fully saturated rings. The average Bonchev–Trinajstić information content (AvgIpc) is 2.47. The summed E-state index contributed by atoms with van der Waals surface area (Å²) in [5.74, 6) is 0.561. The van der Waals surface area contributed by atoms with Gasteiger partial charge in [-0.1, -0.05) is 25.1 Å². The van der Waals surface area contributed by atoms with Crippen LogP contribution in [-0.2, 0) is 0 Å². The van der Waals surface area contributed by atoms with Gasteiger partial charge in [0.15, 0.2) is 0 Å². The molecule has 1 atom stereocenters. The molecule has 1 aliphatic rings. The van der Waals surface area contributed by atoms with Gasteiger partial charge < -0.3 is 0 Å². The summed E-state index contributed by atoms with van der Waals surface area (Å²) in [5.41, 5.74) is 2.54. The number of rotatable bonds is 1. The molecule has 1 heteroatoms. The van der Waals surface area contributed by atoms with E-state index >= 15 is 0 Å². The second-order valence-corrected chi connectivity index (χ2v) is 2.85. The number of benzene rings is 1. The van der Waals surface area contributed by atoms with Gasteiger partial charge in [0.25, 0.3) is 0 Å². The van der Waals surface area contributed by atoms with Crippen LogP contribution in [0.4, 0.5) is 5.69 Å². The summed E-state index contributed by atoms with van der Waals surface area (Å²) in [7, 11) is 0. The minimum Gasteiger partial charge on any atom is -0.260 e. The van der Waals surface area contributed by atoms with Crippen molar-refractivity contribution in [2.75, 3.05) is 0 Å². The van der Waals surface area contributed by atoms with E-state index in [1.165, 1.54) is 5.56 Å². The highest BCUT2D eigenvalue weighted by Gasteiger charge is 2.14. The van der Waals surface area contributed by atoms with Crippen LogP contribution in [0.15, 0.2) is 29.3 Å². The monoisotopic (exact) mass is 145 g/mol. The molecule has 0 aromatic heterocycles. The lowest BCUT2D eigenvalue weighted by atomic mass is 9.99. The molecule has 0 N–H and O–H groups in total. The van der Waals surface area contributed by atoms with E-state index in [1.54, 1.807) is 0 Å². The van der Waals surface area contributed by atoms with Crippen LogP contribution in [0.5, 0.6) is 0 Å². The maximum atomic E-state index is 4.33. The second kappa shape index (κ2) is 2.50. The third kappa shape index (κ3) is 0.967. The second-order valence-electron chi connectivity index (χ2n) is 2.85. The predicted molar refractivity (Wildman–Crippen MR) is 47.6 cm³/mol. The number of nitrogens with zero attached hydrogens (tertiary/aromatic N) is 1. The van der Waals surface area contributed by atoms with Crippen molar-refractivity contribution in [2.45, 2.75) is 19.3 Å². The fraction of sp³-hybridized carbons (Fsp3) is 0.300. The minimum atomic E-state index is 0.561. The Hall–Kier alpha value is -1.11. The fourth-order valence-electron chi connectivity index (χ4n) is 1.49. The molecule has 1 aromatic carbocycles. The van der Waals surface area contributed by atoms with Gasteiger partial charge in [-0.25, -0.2) is 0 Å². The molecule has 11 heavy (non-hydrogen) atoms. The minimum absolute atomic E-state index is 0.561. The Kier molecular flexibility index (Phi) is 1.50. The first kappa shape index (κ1) is 6.59. The van der Waals surface area contributed by atoms with E-state index in [0.717, 1.165) is 12.1 Å². The van der Waals surface area contributed by atoms with Gasteiger partial charge in [0.05, 0.1) is 5.69 Å². The largest absolute Gasteiger partial charge is 0.260 e. The molecular formula is C10H11N. The molecule has 0 saturated heterocycles. The standard InChI is InChI=1S/C10H11N/c1-2-8-7-11-10-6-4-3-5-9(8)10/h3-8H,2H2,1H3/t8-/m0/s1. The normalized spacial score (nSPS) is 20.3. The van der Waals surface area contributed by atoms with Crippen LogP contribution < -0.4 is 0 Å². The number of para-hydroxylation sites is 1. The highest BCUT2D eigenvalue weighted by Crippen LogP contribution is 2.32. The molecule has 1 aliphatic heterocycles. The molecule has 56 valence electrons. The molecule has 0 unspecified atom stereocenters. The Morgan fingerprint density at radius 1 is 1.36 bits per heavy atom. The highest BCUT2D eigenvalue weighted by molar-refractivity contribution is 5.80. The highest BCUT2D eigenvalue weighted by atomic mass is 14.8. The summed E-state index contributed by atoms with van der Waals surface area (Å²) >= 11 is 0. The zero-order valence-corrected chi connectivity index (χ0v) is 6.62. The first-order valence-electron chi connectivity index (χ1n) is 4.05. The number of hydrogen-bond acceptors (Lipinski definition) is 1. The fourth-order valence-corrected chi connectivity index (χ4v) is 1.49. The van der Waals surface area contributed by atoms with Crippen molar-refractivity contribution in [2.24, 2.45) is 4.99 Å². The zero-order valence-electron chi connectivity index (χ0n) is 6.62. The number of hydrogen-bond donors (Lipinski definition) is 0. The van der Waals surface area contributed by atoms with Crippen LogP contribution in [0, 0.1) is 0 Å². The lowest BCUT2D eigenvalue weighted by molar-refractivity contribution is 0.875. The van der Waals surface area contributed by atoms with E-state index in [4.69, 9.17) is 0 Å². The van der Waals surface area contributed by atoms with E-state index in [-0.39, 0.29) is 0 Å². The van der Waals surface area contributed by atoms with Gasteiger partial charge in [0.1, 0.15) is 0 Å². The van der Waals surface area contributed by atoms with Crippen molar-refractivity contribution in [3.63, 3.8) is 0 Å². The molecule has 0 bridgehead atoms. The predicted octanol–water partition coefficient (Wildman–Crippen LogP) is 2.90. The SMILES string of the molecule is CC[C@H]1C=Nc2ccccc21. The van der Waals surface area contributed by atoms with E-state index < -0.39 is 0 Å². The average molecular weight is 145 g/mol. The molecule has 0 spiro atoms. The first-order chi connectivity index (χ1) is 5.42. The van der Waals surface area contributed by atoms with Crippen molar-refractivity contribution in [3.05, 3.63) is 29.8 Å². The summed E-state index contributed by atoms with van der Waals surface area (Å²) < 4.78 is 0. The summed E-state index contributed by atoms with van der Waals surface area (Å²) in [6.45, 7) is 2.19. The molecule has 1 nitrogen and oxygen atoms in total. The van der Waals surface area contributed by atoms with Gasteiger partial charge in [0.2, 0.25) is 0 Å². The van der Waals surface area contributed by atoms with Crippen molar-refractivity contribution < 1.29 is 0 Å². The van der Waals surface area contributed by atoms with Gasteiger partial charge in [-0.3, -0.25) is 4.99 Å². The molecule has 0 radical (unpaired) electrons. The van der Waals surface area contributed by atoms with Crippen molar-refractivity contribution >= 4 is 11.9 Å². The number of fused-ring (bicyclic) bond motifs is 1. The van der Waals surface area contributed by atoms with Crippen LogP contribution in [0.2, 0.25) is 0 Å². The topological polar surface area (TPSA) is 12.4 Å². The van der Waals surface area contributed by atoms with E-state index in [1.807, 2.05) is 12.3 Å². The van der Waals surface area contributed by atoms with E-state index in [2.05, 4.69) is 30.1 Å². The number of aliphatic imine (C=N–C) groups is 1. The Balaban J connectivity index is 2.46. The van der Waals surface area contributed by atoms with Gasteiger partial charge in [0, 0.05) is 12.1 Å². The van der Waals surface area contributed by atoms with E-state index in [0.29, 0.717) is 5.92 Å². The van der Waals surface area contributed by atoms with Crippen molar-refractivity contribution in [1.82, 2.24) is 0 Å². The van der Waals surface area contributed by atoms with Crippen LogP contribution in [-0.4, -0.2) is 6.21 Å². The maximum absolute atomic E-state index is 4.33.